The van der Waals surface area contributed by atoms with Crippen molar-refractivity contribution in [2.24, 2.45) is 11.1 Å². The topological polar surface area (TPSA) is 63.3 Å². The third-order valence-corrected chi connectivity index (χ3v) is 3.64. The Morgan fingerprint density at radius 2 is 2.12 bits per heavy atom. The molecule has 1 fully saturated rings. The van der Waals surface area contributed by atoms with E-state index in [9.17, 15) is 9.90 Å². The molecule has 86 valence electrons. The Kier molecular flexibility index (Phi) is 2.97. The molecule has 0 unspecified atom stereocenters. The van der Waals surface area contributed by atoms with E-state index in [1.54, 1.807) is 0 Å². The second-order valence-corrected chi connectivity index (χ2v) is 4.62. The second kappa shape index (κ2) is 4.26. The largest absolute Gasteiger partial charge is 0.481 e. The van der Waals surface area contributed by atoms with E-state index in [1.165, 1.54) is 0 Å². The number of carboxylic acid groups (broad SMARTS) is 1. The van der Waals surface area contributed by atoms with E-state index in [4.69, 9.17) is 5.73 Å². The number of carbonyl (C=O) groups is 1. The highest BCUT2D eigenvalue weighted by atomic mass is 16.4. The van der Waals surface area contributed by atoms with Crippen LogP contribution in [0, 0.1) is 5.41 Å². The van der Waals surface area contributed by atoms with Gasteiger partial charge in [-0.3, -0.25) is 4.79 Å². The maximum absolute atomic E-state index is 11.5. The van der Waals surface area contributed by atoms with Crippen LogP contribution in [0.5, 0.6) is 0 Å². The molecule has 0 saturated heterocycles. The molecule has 0 heterocycles. The van der Waals surface area contributed by atoms with E-state index in [0.29, 0.717) is 12.8 Å². The van der Waals surface area contributed by atoms with Gasteiger partial charge in [-0.2, -0.15) is 0 Å². The lowest BCUT2D eigenvalue weighted by Crippen LogP contribution is -2.45. The van der Waals surface area contributed by atoms with Crippen LogP contribution in [0.3, 0.4) is 0 Å². The summed E-state index contributed by atoms with van der Waals surface area (Å²) in [4.78, 5) is 11.5. The van der Waals surface area contributed by atoms with E-state index in [0.717, 1.165) is 18.4 Å². The molecule has 0 radical (unpaired) electrons. The summed E-state index contributed by atoms with van der Waals surface area (Å²) >= 11 is 0. The van der Waals surface area contributed by atoms with Crippen LogP contribution >= 0.6 is 0 Å². The maximum Gasteiger partial charge on any atom is 0.311 e. The van der Waals surface area contributed by atoms with Gasteiger partial charge < -0.3 is 10.8 Å². The van der Waals surface area contributed by atoms with Crippen molar-refractivity contribution in [1.29, 1.82) is 0 Å². The number of benzene rings is 1. The number of aliphatic carboxylic acids is 1. The molecule has 2 rings (SSSR count). The van der Waals surface area contributed by atoms with Gasteiger partial charge >= 0.3 is 5.97 Å². The Labute approximate surface area is 95.3 Å². The molecular weight excluding hydrogens is 202 g/mol. The first-order valence-corrected chi connectivity index (χ1v) is 5.68. The Morgan fingerprint density at radius 3 is 2.62 bits per heavy atom. The van der Waals surface area contributed by atoms with Crippen LogP contribution in [0.4, 0.5) is 0 Å². The van der Waals surface area contributed by atoms with Crippen molar-refractivity contribution in [3.63, 3.8) is 0 Å². The summed E-state index contributed by atoms with van der Waals surface area (Å²) in [7, 11) is 0. The Hall–Kier alpha value is -1.35. The van der Waals surface area contributed by atoms with Crippen molar-refractivity contribution in [2.75, 3.05) is 0 Å². The van der Waals surface area contributed by atoms with Crippen LogP contribution in [0.2, 0.25) is 0 Å². The fourth-order valence-corrected chi connectivity index (χ4v) is 2.62. The van der Waals surface area contributed by atoms with Gasteiger partial charge in [0.15, 0.2) is 0 Å². The van der Waals surface area contributed by atoms with Crippen molar-refractivity contribution in [3.8, 4) is 0 Å². The molecule has 0 aliphatic heterocycles. The average molecular weight is 219 g/mol. The summed E-state index contributed by atoms with van der Waals surface area (Å²) in [5, 5.41) is 9.42. The number of rotatable bonds is 3. The molecule has 16 heavy (non-hydrogen) atoms. The van der Waals surface area contributed by atoms with Crippen molar-refractivity contribution in [2.45, 2.75) is 31.7 Å². The smallest absolute Gasteiger partial charge is 0.311 e. The van der Waals surface area contributed by atoms with Gasteiger partial charge in [0.1, 0.15) is 0 Å². The molecule has 1 aromatic rings. The molecule has 1 aliphatic carbocycles. The predicted molar refractivity (Wildman–Crippen MR) is 62.0 cm³/mol. The van der Waals surface area contributed by atoms with Crippen molar-refractivity contribution in [1.82, 2.24) is 0 Å². The molecule has 0 amide bonds. The zero-order valence-corrected chi connectivity index (χ0v) is 9.23. The number of carboxylic acids is 1. The molecule has 1 aromatic carbocycles. The number of nitrogens with two attached hydrogens (primary N) is 1. The summed E-state index contributed by atoms with van der Waals surface area (Å²) in [6, 6.07) is 9.53. The third-order valence-electron chi connectivity index (χ3n) is 3.64. The Morgan fingerprint density at radius 1 is 1.44 bits per heavy atom. The van der Waals surface area contributed by atoms with Crippen LogP contribution in [-0.4, -0.2) is 17.1 Å². The van der Waals surface area contributed by atoms with Gasteiger partial charge in [-0.1, -0.05) is 36.8 Å². The molecule has 1 aliphatic rings. The molecule has 3 N–H and O–H groups in total. The molecule has 0 aromatic heterocycles. The fraction of sp³-hybridized carbons (Fsp3) is 0.462. The van der Waals surface area contributed by atoms with Gasteiger partial charge in [-0.05, 0) is 24.8 Å². The van der Waals surface area contributed by atoms with E-state index in [1.807, 2.05) is 30.3 Å². The fourth-order valence-electron chi connectivity index (χ4n) is 2.62. The molecule has 0 bridgehead atoms. The molecular formula is C13H17NO2. The zero-order chi connectivity index (χ0) is 11.6. The first kappa shape index (κ1) is 11.1. The lowest BCUT2D eigenvalue weighted by Gasteiger charge is -2.28. The highest BCUT2D eigenvalue weighted by Crippen LogP contribution is 2.40. The quantitative estimate of drug-likeness (QED) is 0.815. The summed E-state index contributed by atoms with van der Waals surface area (Å²) in [6.45, 7) is 0. The molecule has 0 spiro atoms. The van der Waals surface area contributed by atoms with Crippen LogP contribution in [-0.2, 0) is 11.2 Å². The van der Waals surface area contributed by atoms with Crippen LogP contribution < -0.4 is 5.73 Å². The van der Waals surface area contributed by atoms with Gasteiger partial charge in [0.25, 0.3) is 0 Å². The van der Waals surface area contributed by atoms with Gasteiger partial charge in [-0.25, -0.2) is 0 Å². The lowest BCUT2D eigenvalue weighted by molar-refractivity contribution is -0.149. The van der Waals surface area contributed by atoms with Gasteiger partial charge in [0, 0.05) is 6.04 Å². The molecule has 1 saturated carbocycles. The van der Waals surface area contributed by atoms with Gasteiger partial charge in [0.05, 0.1) is 5.41 Å². The van der Waals surface area contributed by atoms with Crippen molar-refractivity contribution >= 4 is 5.97 Å². The summed E-state index contributed by atoms with van der Waals surface area (Å²) < 4.78 is 0. The monoisotopic (exact) mass is 219 g/mol. The first-order valence-electron chi connectivity index (χ1n) is 5.68. The minimum atomic E-state index is -0.749. The molecule has 3 heteroatoms. The zero-order valence-electron chi connectivity index (χ0n) is 9.23. The van der Waals surface area contributed by atoms with E-state index in [-0.39, 0.29) is 6.04 Å². The third kappa shape index (κ3) is 1.83. The average Bonchev–Trinajstić information content (AvgIpc) is 2.63. The van der Waals surface area contributed by atoms with Crippen LogP contribution in [0.1, 0.15) is 24.8 Å². The SMILES string of the molecule is N[C@@H]1CCC[C@@]1(Cc1ccccc1)C(=O)O. The molecule has 2 atom stereocenters. The minimum absolute atomic E-state index is 0.217. The van der Waals surface area contributed by atoms with Gasteiger partial charge in [-0.15, -0.1) is 0 Å². The first-order chi connectivity index (χ1) is 7.65. The second-order valence-electron chi connectivity index (χ2n) is 4.62. The highest BCUT2D eigenvalue weighted by Gasteiger charge is 2.47. The molecule has 3 nitrogen and oxygen atoms in total. The maximum atomic E-state index is 11.5. The van der Waals surface area contributed by atoms with Crippen LogP contribution in [0.15, 0.2) is 30.3 Å². The van der Waals surface area contributed by atoms with E-state index in [2.05, 4.69) is 0 Å². The predicted octanol–water partition coefficient (Wildman–Crippen LogP) is 1.81. The van der Waals surface area contributed by atoms with Crippen LogP contribution in [0.25, 0.3) is 0 Å². The van der Waals surface area contributed by atoms with E-state index < -0.39 is 11.4 Å². The number of hydrogen-bond acceptors (Lipinski definition) is 2. The van der Waals surface area contributed by atoms with Gasteiger partial charge in [0.2, 0.25) is 0 Å². The summed E-state index contributed by atoms with van der Waals surface area (Å²) in [5.41, 5.74) is 6.29. The number of hydrogen-bond donors (Lipinski definition) is 2. The minimum Gasteiger partial charge on any atom is -0.481 e. The lowest BCUT2D eigenvalue weighted by atomic mass is 9.77. The highest BCUT2D eigenvalue weighted by molar-refractivity contribution is 5.76. The van der Waals surface area contributed by atoms with Crippen molar-refractivity contribution < 1.29 is 9.90 Å². The standard InChI is InChI=1S/C13H17NO2/c14-11-7-4-8-13(11,12(15)16)9-10-5-2-1-3-6-10/h1-3,5-6,11H,4,7-9,14H2,(H,15,16)/t11-,13+/m1/s1. The Balaban J connectivity index is 2.25. The normalized spacial score (nSPS) is 29.2. The Bertz CT molecular complexity index is 377. The summed E-state index contributed by atoms with van der Waals surface area (Å²) in [5.74, 6) is -0.749. The summed E-state index contributed by atoms with van der Waals surface area (Å²) in [6.07, 6.45) is 2.97. The van der Waals surface area contributed by atoms with Crippen molar-refractivity contribution in [3.05, 3.63) is 35.9 Å². The van der Waals surface area contributed by atoms with E-state index >= 15 is 0 Å².